The zero-order chi connectivity index (χ0) is 32.4. The molecule has 0 spiro atoms. The Morgan fingerprint density at radius 2 is 1.31 bits per heavy atom. The lowest BCUT2D eigenvalue weighted by molar-refractivity contribution is -0.142. The molecule has 0 fully saturated rings. The van der Waals surface area contributed by atoms with Gasteiger partial charge in [-0.25, -0.2) is 12.8 Å². The Labute approximate surface area is 261 Å². The predicted octanol–water partition coefficient (Wildman–Crippen LogP) is 4.76. The molecule has 1 unspecified atom stereocenters. The summed E-state index contributed by atoms with van der Waals surface area (Å²) in [6.45, 7) is 1.64. The number of methoxy groups -OCH3 is 2. The normalized spacial score (nSPS) is 11.6. The second-order valence-electron chi connectivity index (χ2n) is 9.98. The van der Waals surface area contributed by atoms with Gasteiger partial charge in [0.05, 0.1) is 19.1 Å². The molecule has 4 rings (SSSR count). The number of sulfonamides is 1. The number of carbonyl (C=O) groups excluding carboxylic acids is 2. The zero-order valence-corrected chi connectivity index (χ0v) is 25.8. The summed E-state index contributed by atoms with van der Waals surface area (Å²) in [7, 11) is -0.808. The molecule has 45 heavy (non-hydrogen) atoms. The molecule has 0 aliphatic rings. The highest BCUT2D eigenvalue weighted by Crippen LogP contribution is 2.21. The van der Waals surface area contributed by atoms with Gasteiger partial charge in [0, 0.05) is 18.8 Å². The topological polar surface area (TPSA) is 123 Å². The molecule has 4 aromatic rings. The van der Waals surface area contributed by atoms with E-state index >= 15 is 0 Å². The van der Waals surface area contributed by atoms with Crippen LogP contribution < -0.4 is 24.2 Å². The minimum Gasteiger partial charge on any atom is -0.497 e. The summed E-state index contributed by atoms with van der Waals surface area (Å²) >= 11 is 0. The molecule has 0 aromatic heterocycles. The van der Waals surface area contributed by atoms with Crippen molar-refractivity contribution in [3.05, 3.63) is 114 Å². The molecule has 2 N–H and O–H groups in total. The predicted molar refractivity (Wildman–Crippen MR) is 167 cm³/mol. The molecule has 12 heteroatoms. The largest absolute Gasteiger partial charge is 0.497 e. The minimum absolute atomic E-state index is 0.0474. The Kier molecular flexibility index (Phi) is 11.0. The van der Waals surface area contributed by atoms with E-state index in [1.807, 2.05) is 12.1 Å². The van der Waals surface area contributed by atoms with Crippen LogP contribution in [-0.2, 0) is 32.7 Å². The molecule has 0 radical (unpaired) electrons. The maximum absolute atomic E-state index is 13.4. The van der Waals surface area contributed by atoms with Gasteiger partial charge in [-0.15, -0.1) is 0 Å². The van der Waals surface area contributed by atoms with Crippen LogP contribution in [0.1, 0.15) is 18.1 Å². The molecule has 0 saturated heterocycles. The van der Waals surface area contributed by atoms with E-state index in [0.717, 1.165) is 23.3 Å². The van der Waals surface area contributed by atoms with Gasteiger partial charge in [-0.2, -0.15) is 0 Å². The van der Waals surface area contributed by atoms with Crippen molar-refractivity contribution < 1.29 is 36.6 Å². The highest BCUT2D eigenvalue weighted by atomic mass is 32.2. The van der Waals surface area contributed by atoms with Gasteiger partial charge in [-0.1, -0.05) is 24.3 Å². The number of carbonyl (C=O) groups is 2. The fraction of sp³-hybridized carbons (Fsp3) is 0.212. The number of nitrogens with one attached hydrogen (secondary N) is 2. The molecule has 0 aliphatic heterocycles. The van der Waals surface area contributed by atoms with E-state index in [9.17, 15) is 22.4 Å². The van der Waals surface area contributed by atoms with E-state index in [1.54, 1.807) is 57.5 Å². The smallest absolute Gasteiger partial charge is 0.261 e. The van der Waals surface area contributed by atoms with E-state index in [-0.39, 0.29) is 35.3 Å². The van der Waals surface area contributed by atoms with E-state index in [1.165, 1.54) is 41.3 Å². The number of amides is 2. The van der Waals surface area contributed by atoms with Gasteiger partial charge in [0.15, 0.2) is 6.61 Å². The molecule has 0 aliphatic carbocycles. The van der Waals surface area contributed by atoms with Crippen molar-refractivity contribution in [2.45, 2.75) is 31.0 Å². The van der Waals surface area contributed by atoms with E-state index in [4.69, 9.17) is 14.2 Å². The van der Waals surface area contributed by atoms with E-state index in [2.05, 4.69) is 10.0 Å². The highest BCUT2D eigenvalue weighted by Gasteiger charge is 2.26. The first kappa shape index (κ1) is 32.8. The van der Waals surface area contributed by atoms with Gasteiger partial charge in [0.1, 0.15) is 29.1 Å². The lowest BCUT2D eigenvalue weighted by atomic mass is 10.1. The second kappa shape index (κ2) is 15.1. The molecule has 1 atom stereocenters. The first-order valence-corrected chi connectivity index (χ1v) is 15.4. The number of benzene rings is 4. The summed E-state index contributed by atoms with van der Waals surface area (Å²) in [5, 5.41) is 2.87. The Hall–Kier alpha value is -5.10. The van der Waals surface area contributed by atoms with Gasteiger partial charge in [0.2, 0.25) is 5.91 Å². The average Bonchev–Trinajstić information content (AvgIpc) is 3.06. The first-order valence-electron chi connectivity index (χ1n) is 13.9. The van der Waals surface area contributed by atoms with Crippen molar-refractivity contribution >= 4 is 27.5 Å². The summed E-state index contributed by atoms with van der Waals surface area (Å²) in [4.78, 5) is 28.0. The van der Waals surface area contributed by atoms with Crippen molar-refractivity contribution in [2.24, 2.45) is 0 Å². The number of anilines is 1. The highest BCUT2D eigenvalue weighted by molar-refractivity contribution is 7.92. The molecule has 0 heterocycles. The summed E-state index contributed by atoms with van der Waals surface area (Å²) in [6.07, 6.45) is 0. The minimum atomic E-state index is -3.94. The molecule has 10 nitrogen and oxygen atoms in total. The van der Waals surface area contributed by atoms with Crippen LogP contribution >= 0.6 is 0 Å². The van der Waals surface area contributed by atoms with Gasteiger partial charge in [0.25, 0.3) is 15.9 Å². The van der Waals surface area contributed by atoms with Crippen LogP contribution in [0.4, 0.5) is 10.1 Å². The molecule has 0 saturated carbocycles. The van der Waals surface area contributed by atoms with Crippen LogP contribution in [0, 0.1) is 5.82 Å². The quantitative estimate of drug-likeness (QED) is 0.205. The standard InChI is InChI=1S/C33H34FN3O7S/c1-23(33(39)35-20-24-4-12-28(42-2)13-5-24)37(21-25-6-14-29(43-3)15-7-25)32(38)22-44-30-16-18-31(19-17-30)45(40,41)36-27-10-8-26(34)9-11-27/h4-19,23,36H,20-22H2,1-3H3,(H,35,39). The Bertz CT molecular complexity index is 1680. The number of rotatable bonds is 14. The summed E-state index contributed by atoms with van der Waals surface area (Å²) < 4.78 is 57.1. The van der Waals surface area contributed by atoms with Crippen molar-refractivity contribution in [1.82, 2.24) is 10.2 Å². The molecular weight excluding hydrogens is 601 g/mol. The molecule has 4 aromatic carbocycles. The average molecular weight is 636 g/mol. The maximum Gasteiger partial charge on any atom is 0.261 e. The lowest BCUT2D eigenvalue weighted by Crippen LogP contribution is -2.48. The fourth-order valence-corrected chi connectivity index (χ4v) is 5.32. The van der Waals surface area contributed by atoms with E-state index in [0.29, 0.717) is 11.5 Å². The SMILES string of the molecule is COc1ccc(CNC(=O)C(C)N(Cc2ccc(OC)cc2)C(=O)COc2ccc(S(=O)(=O)Nc3ccc(F)cc3)cc2)cc1. The monoisotopic (exact) mass is 635 g/mol. The van der Waals surface area contributed by atoms with Gasteiger partial charge in [-0.3, -0.25) is 14.3 Å². The van der Waals surface area contributed by atoms with Crippen LogP contribution in [0.5, 0.6) is 17.2 Å². The third kappa shape index (κ3) is 9.19. The number of halogens is 1. The number of nitrogens with zero attached hydrogens (tertiary/aromatic N) is 1. The summed E-state index contributed by atoms with van der Waals surface area (Å²) in [5.41, 5.74) is 1.86. The van der Waals surface area contributed by atoms with Crippen molar-refractivity contribution in [2.75, 3.05) is 25.5 Å². The number of hydrogen-bond donors (Lipinski definition) is 2. The van der Waals surface area contributed by atoms with Crippen LogP contribution in [0.25, 0.3) is 0 Å². The Balaban J connectivity index is 1.42. The van der Waals surface area contributed by atoms with Gasteiger partial charge < -0.3 is 24.4 Å². The van der Waals surface area contributed by atoms with Crippen LogP contribution in [0.15, 0.2) is 102 Å². The third-order valence-electron chi connectivity index (χ3n) is 6.90. The number of ether oxygens (including phenoxy) is 3. The fourth-order valence-electron chi connectivity index (χ4n) is 4.27. The van der Waals surface area contributed by atoms with Crippen LogP contribution in [0.3, 0.4) is 0 Å². The van der Waals surface area contributed by atoms with Crippen LogP contribution in [-0.4, -0.2) is 52.0 Å². The molecule has 2 amide bonds. The Morgan fingerprint density at radius 1 is 0.778 bits per heavy atom. The number of hydrogen-bond acceptors (Lipinski definition) is 7. The van der Waals surface area contributed by atoms with Crippen molar-refractivity contribution in [3.8, 4) is 17.2 Å². The van der Waals surface area contributed by atoms with Gasteiger partial charge >= 0.3 is 0 Å². The van der Waals surface area contributed by atoms with Gasteiger partial charge in [-0.05, 0) is 90.8 Å². The Morgan fingerprint density at radius 3 is 1.87 bits per heavy atom. The molecule has 236 valence electrons. The van der Waals surface area contributed by atoms with E-state index < -0.39 is 34.4 Å². The van der Waals surface area contributed by atoms with Crippen LogP contribution in [0.2, 0.25) is 0 Å². The molecule has 0 bridgehead atoms. The summed E-state index contributed by atoms with van der Waals surface area (Å²) in [6, 6.07) is 24.0. The molecular formula is C33H34FN3O7S. The summed E-state index contributed by atoms with van der Waals surface area (Å²) in [5.74, 6) is 0.324. The lowest BCUT2D eigenvalue weighted by Gasteiger charge is -2.29. The first-order chi connectivity index (χ1) is 21.6. The zero-order valence-electron chi connectivity index (χ0n) is 25.0. The maximum atomic E-state index is 13.4. The van der Waals surface area contributed by atoms with Crippen molar-refractivity contribution in [3.63, 3.8) is 0 Å². The third-order valence-corrected chi connectivity index (χ3v) is 8.30. The van der Waals surface area contributed by atoms with Crippen molar-refractivity contribution in [1.29, 1.82) is 0 Å². The second-order valence-corrected chi connectivity index (χ2v) is 11.7.